The number of aromatic amines is 2. The summed E-state index contributed by atoms with van der Waals surface area (Å²) in [6, 6.07) is 20.5. The normalized spacial score (nSPS) is 18.2. The molecule has 4 heterocycles. The number of fused-ring (bicyclic) bond motifs is 2. The van der Waals surface area contributed by atoms with Crippen LogP contribution in [0.1, 0.15) is 77.1 Å². The topological polar surface area (TPSA) is 138 Å². The largest absolute Gasteiger partial charge is 0.383 e. The number of carbonyl (C=O) groups is 2. The van der Waals surface area contributed by atoms with E-state index in [1.807, 2.05) is 39.8 Å². The van der Waals surface area contributed by atoms with Crippen molar-refractivity contribution < 1.29 is 19.8 Å². The zero-order valence-electron chi connectivity index (χ0n) is 30.0. The zero-order valence-corrected chi connectivity index (χ0v) is 34.0. The minimum Gasteiger partial charge on any atom is -0.383 e. The van der Waals surface area contributed by atoms with Gasteiger partial charge in [0.05, 0.1) is 34.2 Å². The van der Waals surface area contributed by atoms with E-state index in [1.54, 1.807) is 9.80 Å². The number of H-pyrrole nitrogens is 2. The summed E-state index contributed by atoms with van der Waals surface area (Å²) >= 11 is 0. The molecule has 0 unspecified atom stereocenters. The maximum Gasteiger partial charge on any atom is 0.252 e. The summed E-state index contributed by atoms with van der Waals surface area (Å²) in [6.07, 6.45) is 1.39. The van der Waals surface area contributed by atoms with E-state index in [-0.39, 0.29) is 89.7 Å². The van der Waals surface area contributed by atoms with Crippen LogP contribution in [0.4, 0.5) is 0 Å². The minimum absolute atomic E-state index is 0. The average Bonchev–Trinajstić information content (AvgIpc) is 3.91. The molecule has 10 nitrogen and oxygen atoms in total. The van der Waals surface area contributed by atoms with Crippen LogP contribution >= 0.6 is 54.0 Å². The summed E-state index contributed by atoms with van der Waals surface area (Å²) in [5, 5.41) is 20.8. The van der Waals surface area contributed by atoms with E-state index in [1.165, 1.54) is 0 Å². The van der Waals surface area contributed by atoms with Gasteiger partial charge in [0.25, 0.3) is 11.8 Å². The second-order valence-corrected chi connectivity index (χ2v) is 14.0. The Balaban J connectivity index is 0.00000182. The molecule has 282 valence electrons. The molecular formula is C38H52N6O4S4. The van der Waals surface area contributed by atoms with E-state index in [4.69, 9.17) is 9.97 Å². The molecule has 4 atom stereocenters. The van der Waals surface area contributed by atoms with Crippen LogP contribution in [0, 0.1) is 11.8 Å². The third-order valence-electron chi connectivity index (χ3n) is 10.0. The van der Waals surface area contributed by atoms with Crippen molar-refractivity contribution in [1.82, 2.24) is 29.7 Å². The molecule has 0 bridgehead atoms. The van der Waals surface area contributed by atoms with E-state index < -0.39 is 12.2 Å². The molecule has 2 aliphatic rings. The van der Waals surface area contributed by atoms with Gasteiger partial charge in [-0.1, -0.05) is 64.1 Å². The molecule has 0 aliphatic carbocycles. The highest BCUT2D eigenvalue weighted by Gasteiger charge is 2.37. The number of nitrogens with one attached hydrogen (secondary N) is 2. The predicted molar refractivity (Wildman–Crippen MR) is 227 cm³/mol. The number of aliphatic hydroxyl groups is 2. The Kier molecular flexibility index (Phi) is 14.8. The first kappa shape index (κ1) is 43.3. The second-order valence-electron chi connectivity index (χ2n) is 14.0. The summed E-state index contributed by atoms with van der Waals surface area (Å²) in [5.74, 6) is 0.795. The minimum atomic E-state index is -1.01. The second kappa shape index (κ2) is 17.8. The molecule has 0 saturated carbocycles. The maximum absolute atomic E-state index is 13.0. The van der Waals surface area contributed by atoms with Gasteiger partial charge in [0.15, 0.2) is 0 Å². The standard InChI is InChI=1S/C38H44N6O4.4H2S/c1-21(2)33(45)37(47)43-17-5-7-31(43)35-39-27-15-13-25(19-29(27)41-35)23-9-11-24(12-10-23)26-14-16-28-30(20-26)42-36(40-28)32-8-6-18-44(32)38(48)34(46)22(3)4;;;;/h9-16,19-22,31-34,45-46H,5-8,17-18H2,1-4H3,(H,39,41)(H,40,42);4*1H2/t31-,32-,33-,34-;;;;/m0..../s1. The van der Waals surface area contributed by atoms with Gasteiger partial charge in [-0.2, -0.15) is 54.0 Å². The molecule has 2 aromatic heterocycles. The smallest absolute Gasteiger partial charge is 0.252 e. The quantitative estimate of drug-likeness (QED) is 0.140. The lowest BCUT2D eigenvalue weighted by atomic mass is 10.00. The Bertz CT molecular complexity index is 1840. The highest BCUT2D eigenvalue weighted by Crippen LogP contribution is 2.35. The van der Waals surface area contributed by atoms with Crippen LogP contribution in [0.3, 0.4) is 0 Å². The SMILES string of the molecule is CC(C)[C@H](O)C(=O)N1CCC[C@H]1c1nc2ccc(-c3ccc(-c4ccc5nc([C@@H]6CCCN6C(=O)[C@@H](O)C(C)C)[nH]c5c4)cc3)cc2[nH]1.S.S.S.S. The number of amides is 2. The molecule has 7 rings (SSSR count). The highest BCUT2D eigenvalue weighted by molar-refractivity contribution is 7.59. The number of aromatic nitrogens is 4. The van der Waals surface area contributed by atoms with Crippen LogP contribution in [0.25, 0.3) is 44.3 Å². The molecule has 2 fully saturated rings. The van der Waals surface area contributed by atoms with Crippen molar-refractivity contribution in [3.05, 3.63) is 72.3 Å². The van der Waals surface area contributed by atoms with E-state index >= 15 is 0 Å². The lowest BCUT2D eigenvalue weighted by Gasteiger charge is -2.27. The van der Waals surface area contributed by atoms with Gasteiger partial charge in [0.1, 0.15) is 23.9 Å². The Hall–Kier alpha value is -3.14. The number of carbonyl (C=O) groups excluding carboxylic acids is 2. The van der Waals surface area contributed by atoms with E-state index in [2.05, 4.69) is 58.5 Å². The van der Waals surface area contributed by atoms with Crippen LogP contribution in [-0.4, -0.2) is 77.1 Å². The highest BCUT2D eigenvalue weighted by atomic mass is 32.1. The van der Waals surface area contributed by atoms with Gasteiger partial charge in [-0.25, -0.2) is 9.97 Å². The third-order valence-corrected chi connectivity index (χ3v) is 10.0. The molecule has 52 heavy (non-hydrogen) atoms. The molecule has 3 aromatic carbocycles. The summed E-state index contributed by atoms with van der Waals surface area (Å²) < 4.78 is 0. The number of nitrogens with zero attached hydrogens (tertiary/aromatic N) is 4. The number of benzene rings is 3. The fourth-order valence-corrected chi connectivity index (χ4v) is 7.13. The van der Waals surface area contributed by atoms with Gasteiger partial charge < -0.3 is 30.0 Å². The molecule has 0 spiro atoms. The Morgan fingerprint density at radius 1 is 0.615 bits per heavy atom. The molecule has 2 saturated heterocycles. The summed E-state index contributed by atoms with van der Waals surface area (Å²) in [7, 11) is 0. The Morgan fingerprint density at radius 3 is 1.31 bits per heavy atom. The first-order valence-corrected chi connectivity index (χ1v) is 17.2. The summed E-state index contributed by atoms with van der Waals surface area (Å²) in [6.45, 7) is 8.67. The fraction of sp³-hybridized carbons (Fsp3) is 0.421. The number of hydrogen-bond acceptors (Lipinski definition) is 6. The number of imidazole rings is 2. The van der Waals surface area contributed by atoms with Crippen molar-refractivity contribution in [2.24, 2.45) is 11.8 Å². The third kappa shape index (κ3) is 8.32. The predicted octanol–water partition coefficient (Wildman–Crippen LogP) is 6.59. The first-order chi connectivity index (χ1) is 23.1. The number of rotatable bonds is 8. The molecule has 4 N–H and O–H groups in total. The van der Waals surface area contributed by atoms with Gasteiger partial charge in [-0.05, 0) is 84.0 Å². The van der Waals surface area contributed by atoms with Gasteiger partial charge in [0, 0.05) is 13.1 Å². The molecular weight excluding hydrogens is 733 g/mol. The Labute approximate surface area is 333 Å². The maximum atomic E-state index is 13.0. The van der Waals surface area contributed by atoms with Crippen LogP contribution in [0.15, 0.2) is 60.7 Å². The molecule has 14 heteroatoms. The van der Waals surface area contributed by atoms with Gasteiger partial charge in [0.2, 0.25) is 0 Å². The number of likely N-dealkylation sites (tertiary alicyclic amines) is 2. The lowest BCUT2D eigenvalue weighted by Crippen LogP contribution is -2.41. The van der Waals surface area contributed by atoms with E-state index in [0.29, 0.717) is 13.1 Å². The monoisotopic (exact) mass is 784 g/mol. The van der Waals surface area contributed by atoms with Crippen molar-refractivity contribution in [3.8, 4) is 22.3 Å². The van der Waals surface area contributed by atoms with E-state index in [0.717, 1.165) is 81.7 Å². The first-order valence-electron chi connectivity index (χ1n) is 17.2. The van der Waals surface area contributed by atoms with Crippen molar-refractivity contribution in [1.29, 1.82) is 0 Å². The summed E-state index contributed by atoms with van der Waals surface area (Å²) in [5.41, 5.74) is 7.80. The van der Waals surface area contributed by atoms with Gasteiger partial charge in [-0.3, -0.25) is 9.59 Å². The molecule has 2 amide bonds. The molecule has 0 radical (unpaired) electrons. The lowest BCUT2D eigenvalue weighted by molar-refractivity contribution is -0.144. The van der Waals surface area contributed by atoms with Crippen molar-refractivity contribution in [2.75, 3.05) is 13.1 Å². The van der Waals surface area contributed by atoms with Crippen LogP contribution in [0.2, 0.25) is 0 Å². The molecule has 5 aromatic rings. The fourth-order valence-electron chi connectivity index (χ4n) is 7.13. The van der Waals surface area contributed by atoms with Crippen LogP contribution in [0.5, 0.6) is 0 Å². The van der Waals surface area contributed by atoms with Crippen molar-refractivity contribution in [3.63, 3.8) is 0 Å². The van der Waals surface area contributed by atoms with E-state index in [9.17, 15) is 19.8 Å². The Morgan fingerprint density at radius 2 is 0.962 bits per heavy atom. The number of hydrogen-bond donors (Lipinski definition) is 4. The summed E-state index contributed by atoms with van der Waals surface area (Å²) in [4.78, 5) is 46.0. The van der Waals surface area contributed by atoms with Crippen molar-refractivity contribution in [2.45, 2.75) is 77.7 Å². The van der Waals surface area contributed by atoms with Crippen molar-refractivity contribution >= 4 is 87.9 Å². The van der Waals surface area contributed by atoms with Gasteiger partial charge >= 0.3 is 0 Å². The van der Waals surface area contributed by atoms with Crippen LogP contribution in [-0.2, 0) is 9.59 Å². The van der Waals surface area contributed by atoms with Gasteiger partial charge in [-0.15, -0.1) is 0 Å². The zero-order chi connectivity index (χ0) is 33.7. The average molecular weight is 785 g/mol. The van der Waals surface area contributed by atoms with Crippen LogP contribution < -0.4 is 0 Å². The number of aliphatic hydroxyl groups excluding tert-OH is 2. The molecule has 2 aliphatic heterocycles.